The minimum Gasteiger partial charge on any atom is -0.496 e. The maximum Gasteiger partial charge on any atom is 0.269 e. The Morgan fingerprint density at radius 2 is 1.90 bits per heavy atom. The zero-order chi connectivity index (χ0) is 15.4. The van der Waals surface area contributed by atoms with Crippen LogP contribution in [0.1, 0.15) is 21.5 Å². The number of alkyl halides is 1. The number of hydrogen-bond acceptors (Lipinski definition) is 3. The number of nitrogens with zero attached hydrogens (tertiary/aromatic N) is 1. The van der Waals surface area contributed by atoms with E-state index in [4.69, 9.17) is 4.74 Å². The van der Waals surface area contributed by atoms with E-state index in [2.05, 4.69) is 22.0 Å². The molecule has 110 valence electrons. The predicted molar refractivity (Wildman–Crippen MR) is 86.2 cm³/mol. The topological polar surface area (TPSA) is 52.4 Å². The van der Waals surface area contributed by atoms with E-state index in [1.807, 2.05) is 19.1 Å². The van der Waals surface area contributed by atoms with Crippen LogP contribution < -0.4 is 4.74 Å². The number of nitro benzene ring substituents is 1. The lowest BCUT2D eigenvalue weighted by Crippen LogP contribution is -1.97. The third-order valence-electron chi connectivity index (χ3n) is 3.36. The number of hydrogen-bond donors (Lipinski definition) is 0. The Hall–Kier alpha value is -1.88. The Morgan fingerprint density at radius 3 is 2.48 bits per heavy atom. The van der Waals surface area contributed by atoms with Crippen molar-refractivity contribution in [2.24, 2.45) is 0 Å². The molecule has 2 rings (SSSR count). The fourth-order valence-electron chi connectivity index (χ4n) is 2.11. The molecule has 4 nitrogen and oxygen atoms in total. The Kier molecular flexibility index (Phi) is 4.96. The van der Waals surface area contributed by atoms with E-state index < -0.39 is 0 Å². The summed E-state index contributed by atoms with van der Waals surface area (Å²) in [5, 5.41) is 10.6. The van der Waals surface area contributed by atoms with Gasteiger partial charge in [0, 0.05) is 17.0 Å². The van der Waals surface area contributed by atoms with Gasteiger partial charge in [-0.2, -0.15) is 0 Å². The molecule has 0 aliphatic heterocycles. The fourth-order valence-corrected chi connectivity index (χ4v) is 2.77. The first-order chi connectivity index (χ1) is 10.0. The molecule has 0 aliphatic rings. The van der Waals surface area contributed by atoms with Crippen molar-refractivity contribution in [1.29, 1.82) is 0 Å². The van der Waals surface area contributed by atoms with Crippen molar-refractivity contribution in [3.05, 3.63) is 69.3 Å². The molecular formula is C16H16BrNO3. The van der Waals surface area contributed by atoms with Crippen LogP contribution in [0.5, 0.6) is 5.75 Å². The van der Waals surface area contributed by atoms with Crippen LogP contribution >= 0.6 is 15.9 Å². The summed E-state index contributed by atoms with van der Waals surface area (Å²) in [4.78, 5) is 10.4. The van der Waals surface area contributed by atoms with Gasteiger partial charge in [-0.1, -0.05) is 40.2 Å². The van der Waals surface area contributed by atoms with Gasteiger partial charge in [0.2, 0.25) is 0 Å². The van der Waals surface area contributed by atoms with E-state index in [1.54, 1.807) is 19.2 Å². The molecule has 0 heterocycles. The zero-order valence-electron chi connectivity index (χ0n) is 11.9. The van der Waals surface area contributed by atoms with E-state index in [-0.39, 0.29) is 15.4 Å². The molecule has 0 fully saturated rings. The Bertz CT molecular complexity index is 640. The summed E-state index contributed by atoms with van der Waals surface area (Å²) in [6, 6.07) is 12.7. The summed E-state index contributed by atoms with van der Waals surface area (Å²) in [7, 11) is 1.66. The van der Waals surface area contributed by atoms with Crippen LogP contribution in [0, 0.1) is 17.0 Å². The highest BCUT2D eigenvalue weighted by Gasteiger charge is 2.12. The molecule has 0 bridgehead atoms. The standard InChI is InChI=1S/C16H16BrNO3/c1-11-3-6-13(10-16(11)21-2)15(17)9-12-4-7-14(8-5-12)18(19)20/h3-8,10,15H,9H2,1-2H3. The quantitative estimate of drug-likeness (QED) is 0.450. The van der Waals surface area contributed by atoms with Gasteiger partial charge in [0.15, 0.2) is 0 Å². The van der Waals surface area contributed by atoms with E-state index >= 15 is 0 Å². The highest BCUT2D eigenvalue weighted by Crippen LogP contribution is 2.31. The molecule has 0 saturated carbocycles. The van der Waals surface area contributed by atoms with Gasteiger partial charge in [-0.25, -0.2) is 0 Å². The van der Waals surface area contributed by atoms with Gasteiger partial charge >= 0.3 is 0 Å². The van der Waals surface area contributed by atoms with Gasteiger partial charge < -0.3 is 4.74 Å². The van der Waals surface area contributed by atoms with Crippen molar-refractivity contribution in [3.8, 4) is 5.75 Å². The second-order valence-corrected chi connectivity index (χ2v) is 5.93. The maximum atomic E-state index is 10.6. The molecule has 2 aromatic carbocycles. The zero-order valence-corrected chi connectivity index (χ0v) is 13.5. The Balaban J connectivity index is 2.13. The molecule has 2 aromatic rings. The first-order valence-electron chi connectivity index (χ1n) is 6.53. The van der Waals surface area contributed by atoms with Crippen LogP contribution in [-0.4, -0.2) is 12.0 Å². The monoisotopic (exact) mass is 349 g/mol. The summed E-state index contributed by atoms with van der Waals surface area (Å²) in [5.41, 5.74) is 3.37. The normalized spacial score (nSPS) is 12.0. The van der Waals surface area contributed by atoms with Crippen molar-refractivity contribution >= 4 is 21.6 Å². The lowest BCUT2D eigenvalue weighted by molar-refractivity contribution is -0.384. The lowest BCUT2D eigenvalue weighted by atomic mass is 10.0. The van der Waals surface area contributed by atoms with Gasteiger partial charge in [0.25, 0.3) is 5.69 Å². The molecule has 0 amide bonds. The number of non-ortho nitro benzene ring substituents is 1. The summed E-state index contributed by atoms with van der Waals surface area (Å²) >= 11 is 3.67. The van der Waals surface area contributed by atoms with Crippen molar-refractivity contribution in [1.82, 2.24) is 0 Å². The molecule has 0 aromatic heterocycles. The fraction of sp³-hybridized carbons (Fsp3) is 0.250. The molecule has 5 heteroatoms. The summed E-state index contributed by atoms with van der Waals surface area (Å²) < 4.78 is 5.33. The van der Waals surface area contributed by atoms with Crippen molar-refractivity contribution in [2.45, 2.75) is 18.2 Å². The first kappa shape index (κ1) is 15.5. The third-order valence-corrected chi connectivity index (χ3v) is 4.21. The largest absolute Gasteiger partial charge is 0.496 e. The number of rotatable bonds is 5. The van der Waals surface area contributed by atoms with Gasteiger partial charge in [-0.05, 0) is 36.1 Å². The average Bonchev–Trinajstić information content (AvgIpc) is 2.48. The highest BCUT2D eigenvalue weighted by atomic mass is 79.9. The van der Waals surface area contributed by atoms with E-state index in [0.717, 1.165) is 28.9 Å². The molecule has 0 aliphatic carbocycles. The summed E-state index contributed by atoms with van der Waals surface area (Å²) in [5.74, 6) is 0.862. The average molecular weight is 350 g/mol. The predicted octanol–water partition coefficient (Wildman–Crippen LogP) is 4.59. The Morgan fingerprint density at radius 1 is 1.24 bits per heavy atom. The number of halogens is 1. The van der Waals surface area contributed by atoms with Crippen LogP contribution in [0.25, 0.3) is 0 Å². The van der Waals surface area contributed by atoms with E-state index in [0.29, 0.717) is 0 Å². The van der Waals surface area contributed by atoms with Gasteiger partial charge in [0.1, 0.15) is 5.75 Å². The minimum atomic E-state index is -0.389. The molecule has 0 radical (unpaired) electrons. The lowest BCUT2D eigenvalue weighted by Gasteiger charge is -2.13. The molecule has 1 unspecified atom stereocenters. The SMILES string of the molecule is COc1cc(C(Br)Cc2ccc([N+](=O)[O-])cc2)ccc1C. The van der Waals surface area contributed by atoms with Crippen LogP contribution in [0.15, 0.2) is 42.5 Å². The number of benzene rings is 2. The van der Waals surface area contributed by atoms with E-state index in [9.17, 15) is 10.1 Å². The van der Waals surface area contributed by atoms with Gasteiger partial charge in [0.05, 0.1) is 12.0 Å². The second-order valence-electron chi connectivity index (χ2n) is 4.82. The van der Waals surface area contributed by atoms with Crippen LogP contribution in [0.2, 0.25) is 0 Å². The molecule has 0 saturated heterocycles. The number of methoxy groups -OCH3 is 1. The van der Waals surface area contributed by atoms with Crippen molar-refractivity contribution in [2.75, 3.05) is 7.11 Å². The van der Waals surface area contributed by atoms with Crippen LogP contribution in [0.4, 0.5) is 5.69 Å². The Labute approximate surface area is 132 Å². The van der Waals surface area contributed by atoms with Crippen molar-refractivity contribution in [3.63, 3.8) is 0 Å². The van der Waals surface area contributed by atoms with Gasteiger partial charge in [-0.15, -0.1) is 0 Å². The second kappa shape index (κ2) is 6.72. The number of aryl methyl sites for hydroxylation is 1. The molecular weight excluding hydrogens is 334 g/mol. The maximum absolute atomic E-state index is 10.6. The van der Waals surface area contributed by atoms with Crippen molar-refractivity contribution < 1.29 is 9.66 Å². The van der Waals surface area contributed by atoms with E-state index in [1.165, 1.54) is 12.1 Å². The highest BCUT2D eigenvalue weighted by molar-refractivity contribution is 9.09. The summed E-state index contributed by atoms with van der Waals surface area (Å²) in [6.07, 6.45) is 0.754. The first-order valence-corrected chi connectivity index (χ1v) is 7.44. The van der Waals surface area contributed by atoms with Crippen LogP contribution in [0.3, 0.4) is 0 Å². The summed E-state index contributed by atoms with van der Waals surface area (Å²) in [6.45, 7) is 2.00. The molecule has 0 spiro atoms. The number of ether oxygens (including phenoxy) is 1. The number of nitro groups is 1. The smallest absolute Gasteiger partial charge is 0.269 e. The molecule has 1 atom stereocenters. The third kappa shape index (κ3) is 3.82. The van der Waals surface area contributed by atoms with Crippen LogP contribution in [-0.2, 0) is 6.42 Å². The molecule has 21 heavy (non-hydrogen) atoms. The minimum absolute atomic E-state index is 0.113. The molecule has 0 N–H and O–H groups in total. The van der Waals surface area contributed by atoms with Gasteiger partial charge in [-0.3, -0.25) is 10.1 Å².